The van der Waals surface area contributed by atoms with E-state index in [0.717, 1.165) is 6.42 Å². The van der Waals surface area contributed by atoms with Crippen molar-refractivity contribution in [1.29, 1.82) is 0 Å². The first-order valence-corrected chi connectivity index (χ1v) is 3.43. The van der Waals surface area contributed by atoms with Gasteiger partial charge in [0.25, 0.3) is 0 Å². The van der Waals surface area contributed by atoms with Gasteiger partial charge in [-0.2, -0.15) is 0 Å². The van der Waals surface area contributed by atoms with Crippen molar-refractivity contribution < 1.29 is 14.9 Å². The topological polar surface area (TPSA) is 75.7 Å². The molecule has 2 unspecified atom stereocenters. The summed E-state index contributed by atoms with van der Waals surface area (Å²) in [4.78, 5) is 0. The Labute approximate surface area is 59.6 Å². The molecule has 1 saturated heterocycles. The van der Waals surface area contributed by atoms with Gasteiger partial charge in [-0.1, -0.05) is 0 Å². The van der Waals surface area contributed by atoms with Crippen LogP contribution in [0, 0.1) is 0 Å². The Morgan fingerprint density at radius 2 is 2.40 bits per heavy atom. The third-order valence-electron chi connectivity index (χ3n) is 1.79. The van der Waals surface area contributed by atoms with Gasteiger partial charge in [0.15, 0.2) is 0 Å². The van der Waals surface area contributed by atoms with E-state index in [4.69, 9.17) is 10.5 Å². The smallest absolute Gasteiger partial charge is 0.204 e. The quantitative estimate of drug-likeness (QED) is 0.435. The Balaban J connectivity index is 2.54. The zero-order chi connectivity index (χ0) is 7.61. The molecule has 0 aliphatic carbocycles. The van der Waals surface area contributed by atoms with E-state index in [-0.39, 0.29) is 6.54 Å². The van der Waals surface area contributed by atoms with Crippen LogP contribution in [0.4, 0.5) is 0 Å². The predicted octanol–water partition coefficient (Wildman–Crippen LogP) is -1.20. The van der Waals surface area contributed by atoms with Crippen LogP contribution in [0.3, 0.4) is 0 Å². The molecule has 0 amide bonds. The minimum Gasteiger partial charge on any atom is -0.387 e. The van der Waals surface area contributed by atoms with Gasteiger partial charge in [-0.15, -0.1) is 0 Å². The van der Waals surface area contributed by atoms with Crippen LogP contribution in [0.25, 0.3) is 0 Å². The Kier molecular flexibility index (Phi) is 2.25. The third-order valence-corrected chi connectivity index (χ3v) is 1.79. The zero-order valence-corrected chi connectivity index (χ0v) is 5.79. The molecule has 2 atom stereocenters. The number of hydrogen-bond acceptors (Lipinski definition) is 4. The van der Waals surface area contributed by atoms with Gasteiger partial charge in [-0.05, 0) is 12.8 Å². The lowest BCUT2D eigenvalue weighted by Gasteiger charge is -2.35. The molecular weight excluding hydrogens is 134 g/mol. The van der Waals surface area contributed by atoms with E-state index in [1.807, 2.05) is 0 Å². The molecule has 0 aromatic heterocycles. The fourth-order valence-electron chi connectivity index (χ4n) is 1.04. The van der Waals surface area contributed by atoms with E-state index in [1.54, 1.807) is 0 Å². The van der Waals surface area contributed by atoms with Crippen LogP contribution in [0.2, 0.25) is 0 Å². The summed E-state index contributed by atoms with van der Waals surface area (Å²) in [5.74, 6) is -1.49. The fourth-order valence-corrected chi connectivity index (χ4v) is 1.04. The van der Waals surface area contributed by atoms with Crippen molar-refractivity contribution in [2.45, 2.75) is 24.7 Å². The monoisotopic (exact) mass is 147 g/mol. The summed E-state index contributed by atoms with van der Waals surface area (Å²) in [5, 5.41) is 18.5. The van der Waals surface area contributed by atoms with Crippen LogP contribution < -0.4 is 5.73 Å². The zero-order valence-electron chi connectivity index (χ0n) is 5.79. The van der Waals surface area contributed by atoms with E-state index in [2.05, 4.69) is 0 Å². The van der Waals surface area contributed by atoms with Crippen molar-refractivity contribution in [2.24, 2.45) is 5.73 Å². The molecule has 4 heteroatoms. The summed E-state index contributed by atoms with van der Waals surface area (Å²) in [5.41, 5.74) is 5.19. The van der Waals surface area contributed by atoms with E-state index < -0.39 is 11.9 Å². The van der Waals surface area contributed by atoms with Crippen LogP contribution in [-0.2, 0) is 4.74 Å². The number of rotatable bonds is 1. The molecule has 0 bridgehead atoms. The lowest BCUT2D eigenvalue weighted by atomic mass is 10.0. The van der Waals surface area contributed by atoms with E-state index in [9.17, 15) is 10.2 Å². The van der Waals surface area contributed by atoms with Gasteiger partial charge < -0.3 is 20.7 Å². The highest BCUT2D eigenvalue weighted by atomic mass is 16.6. The molecule has 60 valence electrons. The molecule has 0 saturated carbocycles. The van der Waals surface area contributed by atoms with Gasteiger partial charge in [0.2, 0.25) is 5.79 Å². The Morgan fingerprint density at radius 1 is 1.70 bits per heavy atom. The average molecular weight is 147 g/mol. The second-order valence-electron chi connectivity index (χ2n) is 2.56. The highest BCUT2D eigenvalue weighted by Crippen LogP contribution is 2.21. The van der Waals surface area contributed by atoms with Gasteiger partial charge in [-0.3, -0.25) is 0 Å². The van der Waals surface area contributed by atoms with Crippen molar-refractivity contribution in [3.05, 3.63) is 0 Å². The Hall–Kier alpha value is -0.160. The number of nitrogens with two attached hydrogens (primary N) is 1. The first kappa shape index (κ1) is 7.94. The van der Waals surface area contributed by atoms with Crippen molar-refractivity contribution in [1.82, 2.24) is 0 Å². The summed E-state index contributed by atoms with van der Waals surface area (Å²) in [6.07, 6.45) is 0.517. The minimum atomic E-state index is -1.49. The maximum absolute atomic E-state index is 9.35. The van der Waals surface area contributed by atoms with E-state index in [0.29, 0.717) is 13.0 Å². The summed E-state index contributed by atoms with van der Waals surface area (Å²) in [6.45, 7) is 0.429. The molecule has 10 heavy (non-hydrogen) atoms. The van der Waals surface area contributed by atoms with Gasteiger partial charge in [0.05, 0.1) is 6.61 Å². The maximum Gasteiger partial charge on any atom is 0.204 e. The molecule has 0 spiro atoms. The molecule has 1 rings (SSSR count). The Bertz CT molecular complexity index is 120. The molecule has 0 aromatic rings. The number of ether oxygens (including phenoxy) is 1. The summed E-state index contributed by atoms with van der Waals surface area (Å²) in [7, 11) is 0. The second-order valence-corrected chi connectivity index (χ2v) is 2.56. The van der Waals surface area contributed by atoms with Crippen LogP contribution >= 0.6 is 0 Å². The van der Waals surface area contributed by atoms with Crippen LogP contribution in [-0.4, -0.2) is 35.3 Å². The molecule has 4 nitrogen and oxygen atoms in total. The van der Waals surface area contributed by atoms with Crippen molar-refractivity contribution in [3.8, 4) is 0 Å². The highest BCUT2D eigenvalue weighted by molar-refractivity contribution is 4.81. The maximum atomic E-state index is 9.35. The number of hydrogen-bond donors (Lipinski definition) is 3. The molecule has 1 aliphatic rings. The van der Waals surface area contributed by atoms with Crippen molar-refractivity contribution in [3.63, 3.8) is 0 Å². The highest BCUT2D eigenvalue weighted by Gasteiger charge is 2.37. The van der Waals surface area contributed by atoms with E-state index in [1.165, 1.54) is 0 Å². The minimum absolute atomic E-state index is 0.0475. The summed E-state index contributed by atoms with van der Waals surface area (Å²) < 4.78 is 4.91. The van der Waals surface area contributed by atoms with Crippen LogP contribution in [0.1, 0.15) is 12.8 Å². The normalized spacial score (nSPS) is 41.7. The molecule has 0 radical (unpaired) electrons. The molecule has 1 fully saturated rings. The van der Waals surface area contributed by atoms with E-state index >= 15 is 0 Å². The standard InChI is InChI=1S/C6H13NO3/c7-4-6(9)5(8)2-1-3-10-6/h5,8-9H,1-4,7H2. The van der Waals surface area contributed by atoms with Crippen LogP contribution in [0.5, 0.6) is 0 Å². The summed E-state index contributed by atoms with van der Waals surface area (Å²) >= 11 is 0. The average Bonchev–Trinajstić information content (AvgIpc) is 1.96. The van der Waals surface area contributed by atoms with Crippen LogP contribution in [0.15, 0.2) is 0 Å². The lowest BCUT2D eigenvalue weighted by Crippen LogP contribution is -2.53. The largest absolute Gasteiger partial charge is 0.387 e. The fraction of sp³-hybridized carbons (Fsp3) is 1.00. The molecule has 1 heterocycles. The third kappa shape index (κ3) is 1.29. The van der Waals surface area contributed by atoms with Crippen molar-refractivity contribution >= 4 is 0 Å². The molecular formula is C6H13NO3. The first-order valence-electron chi connectivity index (χ1n) is 3.43. The van der Waals surface area contributed by atoms with Gasteiger partial charge in [0.1, 0.15) is 6.10 Å². The first-order chi connectivity index (χ1) is 4.69. The summed E-state index contributed by atoms with van der Waals surface area (Å²) in [6, 6.07) is 0. The van der Waals surface area contributed by atoms with Gasteiger partial charge in [-0.25, -0.2) is 0 Å². The van der Waals surface area contributed by atoms with Crippen molar-refractivity contribution in [2.75, 3.05) is 13.2 Å². The molecule has 0 aromatic carbocycles. The predicted molar refractivity (Wildman–Crippen MR) is 35.2 cm³/mol. The van der Waals surface area contributed by atoms with Gasteiger partial charge in [0, 0.05) is 6.54 Å². The second kappa shape index (κ2) is 2.84. The van der Waals surface area contributed by atoms with Gasteiger partial charge >= 0.3 is 0 Å². The lowest BCUT2D eigenvalue weighted by molar-refractivity contribution is -0.268. The molecule has 1 aliphatic heterocycles. The molecule has 4 N–H and O–H groups in total. The number of aliphatic hydroxyl groups excluding tert-OH is 1. The number of aliphatic hydroxyl groups is 2. The SMILES string of the molecule is NCC1(O)OCCCC1O. The Morgan fingerprint density at radius 3 is 2.80 bits per heavy atom.